The molecule has 4 aromatic rings. The molecule has 0 saturated carbocycles. The number of hydrogen-bond donors (Lipinski definition) is 4. The van der Waals surface area contributed by atoms with Gasteiger partial charge < -0.3 is 15.2 Å². The van der Waals surface area contributed by atoms with Gasteiger partial charge in [-0.1, -0.05) is 5.92 Å². The van der Waals surface area contributed by atoms with Crippen LogP contribution in [0.1, 0.15) is 62.3 Å². The molecule has 280 valence electrons. The van der Waals surface area contributed by atoms with Gasteiger partial charge in [0.25, 0.3) is 18.3 Å². The smallest absolute Gasteiger partial charge is 0.287 e. The molecule has 0 radical (unpaired) electrons. The van der Waals surface area contributed by atoms with Crippen LogP contribution in [0.3, 0.4) is 0 Å². The summed E-state index contributed by atoms with van der Waals surface area (Å²) >= 11 is -1.50. The summed E-state index contributed by atoms with van der Waals surface area (Å²) in [4.78, 5) is 18.4. The van der Waals surface area contributed by atoms with Gasteiger partial charge in [-0.05, 0) is 88.4 Å². The molecular formula is C36H36F6N8O2S. The van der Waals surface area contributed by atoms with Gasteiger partial charge in [-0.3, -0.25) is 14.6 Å². The van der Waals surface area contributed by atoms with Crippen molar-refractivity contribution in [2.75, 3.05) is 17.5 Å². The van der Waals surface area contributed by atoms with Crippen LogP contribution in [0.15, 0.2) is 53.7 Å². The van der Waals surface area contributed by atoms with Crippen LogP contribution in [0.5, 0.6) is 0 Å². The van der Waals surface area contributed by atoms with Gasteiger partial charge in [-0.2, -0.15) is 13.5 Å². The molecule has 4 N–H and O–H groups in total. The lowest BCUT2D eigenvalue weighted by Gasteiger charge is -2.23. The number of anilines is 1. The largest absolute Gasteiger partial charge is 0.593 e. The van der Waals surface area contributed by atoms with E-state index < -0.39 is 89.1 Å². The van der Waals surface area contributed by atoms with Crippen molar-refractivity contribution in [2.24, 2.45) is 5.41 Å². The number of benzene rings is 1. The number of aryl methyl sites for hydroxylation is 1. The molecule has 1 aromatic carbocycles. The van der Waals surface area contributed by atoms with E-state index in [-0.39, 0.29) is 29.3 Å². The predicted molar refractivity (Wildman–Crippen MR) is 189 cm³/mol. The van der Waals surface area contributed by atoms with E-state index in [2.05, 4.69) is 37.4 Å². The Morgan fingerprint density at radius 3 is 2.42 bits per heavy atom. The van der Waals surface area contributed by atoms with Gasteiger partial charge >= 0.3 is 0 Å². The molecule has 3 aromatic heterocycles. The Balaban J connectivity index is 1.63. The lowest BCUT2D eigenvalue weighted by Crippen LogP contribution is -2.40. The Morgan fingerprint density at radius 2 is 1.77 bits per heavy atom. The summed E-state index contributed by atoms with van der Waals surface area (Å²) in [6.07, 6.45) is -3.42. The van der Waals surface area contributed by atoms with Gasteiger partial charge in [0.05, 0.1) is 35.3 Å². The Kier molecular flexibility index (Phi) is 11.4. The third-order valence-electron chi connectivity index (χ3n) is 8.12. The Morgan fingerprint density at radius 1 is 1.09 bits per heavy atom. The SMILES string of the molecule is Cc1ccc(-c2ccc(C#CC(C)(C)C)nc2C(Cc2cc(F)cc(F)c2)NC(=O)CNC2=C(C(=N)C(F)F)CCC2(F)F)c2nnc(N[S+](C)[O-])n12. The molecule has 1 aliphatic carbocycles. The van der Waals surface area contributed by atoms with Crippen LogP contribution in [0, 0.1) is 41.2 Å². The molecule has 53 heavy (non-hydrogen) atoms. The van der Waals surface area contributed by atoms with E-state index in [9.17, 15) is 35.7 Å². The fraction of sp³-hybridized carbons (Fsp3) is 0.361. The number of fused-ring (bicyclic) bond motifs is 1. The molecule has 1 amide bonds. The van der Waals surface area contributed by atoms with Crippen molar-refractivity contribution in [3.63, 3.8) is 0 Å². The Hall–Kier alpha value is -5.08. The van der Waals surface area contributed by atoms with E-state index in [0.717, 1.165) is 12.1 Å². The second-order valence-electron chi connectivity index (χ2n) is 13.5. The number of halogens is 6. The first kappa shape index (κ1) is 39.1. The van der Waals surface area contributed by atoms with E-state index in [1.807, 2.05) is 20.8 Å². The molecule has 0 aliphatic heterocycles. The normalized spacial score (nSPS) is 15.3. The van der Waals surface area contributed by atoms with E-state index in [4.69, 9.17) is 10.4 Å². The molecule has 0 bridgehead atoms. The third-order valence-corrected chi connectivity index (χ3v) is 8.59. The van der Waals surface area contributed by atoms with Crippen LogP contribution in [-0.2, 0) is 22.6 Å². The maximum absolute atomic E-state index is 14.8. The monoisotopic (exact) mass is 758 g/mol. The van der Waals surface area contributed by atoms with Gasteiger partial charge in [0.15, 0.2) is 5.65 Å². The quantitative estimate of drug-likeness (QED) is 0.0564. The fourth-order valence-electron chi connectivity index (χ4n) is 5.82. The van der Waals surface area contributed by atoms with Crippen molar-refractivity contribution in [1.82, 2.24) is 30.2 Å². The van der Waals surface area contributed by atoms with Crippen LogP contribution in [0.4, 0.5) is 32.3 Å². The van der Waals surface area contributed by atoms with Crippen molar-refractivity contribution in [3.8, 4) is 23.0 Å². The average molecular weight is 759 g/mol. The molecule has 2 atom stereocenters. The lowest BCUT2D eigenvalue weighted by molar-refractivity contribution is -0.121. The van der Waals surface area contributed by atoms with E-state index in [0.29, 0.717) is 28.5 Å². The van der Waals surface area contributed by atoms with Gasteiger partial charge in [0.2, 0.25) is 5.91 Å². The Labute approximate surface area is 304 Å². The summed E-state index contributed by atoms with van der Waals surface area (Å²) in [6, 6.07) is 8.43. The third kappa shape index (κ3) is 9.30. The minimum Gasteiger partial charge on any atom is -0.593 e. The number of rotatable bonds is 12. The number of aromatic nitrogens is 4. The predicted octanol–water partition coefficient (Wildman–Crippen LogP) is 6.44. The molecule has 5 rings (SSSR count). The van der Waals surface area contributed by atoms with Crippen LogP contribution in [0.2, 0.25) is 0 Å². The molecule has 3 heterocycles. The molecule has 1 aliphatic rings. The molecule has 17 heteroatoms. The van der Waals surface area contributed by atoms with Crippen molar-refractivity contribution >= 4 is 34.6 Å². The topological polar surface area (TPSA) is 143 Å². The van der Waals surface area contributed by atoms with Gasteiger partial charge in [-0.25, -0.2) is 22.5 Å². The number of nitrogens with zero attached hydrogens (tertiary/aromatic N) is 4. The number of hydrogen-bond acceptors (Lipinski definition) is 8. The number of pyridine rings is 2. The van der Waals surface area contributed by atoms with Crippen LogP contribution >= 0.6 is 0 Å². The Bertz CT molecular complexity index is 2130. The zero-order chi connectivity index (χ0) is 38.8. The highest BCUT2D eigenvalue weighted by Gasteiger charge is 2.44. The maximum Gasteiger partial charge on any atom is 0.287 e. The van der Waals surface area contributed by atoms with Crippen molar-refractivity contribution in [3.05, 3.63) is 88.0 Å². The minimum absolute atomic E-state index is 0.117. The fourth-order valence-corrected chi connectivity index (χ4v) is 6.21. The first-order valence-corrected chi connectivity index (χ1v) is 17.8. The second-order valence-corrected chi connectivity index (χ2v) is 14.6. The van der Waals surface area contributed by atoms with Crippen molar-refractivity contribution in [2.45, 2.75) is 65.3 Å². The van der Waals surface area contributed by atoms with Crippen LogP contribution < -0.4 is 15.4 Å². The summed E-state index contributed by atoms with van der Waals surface area (Å²) in [5, 5.41) is 21.1. The highest BCUT2D eigenvalue weighted by molar-refractivity contribution is 7.91. The zero-order valence-corrected chi connectivity index (χ0v) is 30.1. The second kappa shape index (κ2) is 15.5. The van der Waals surface area contributed by atoms with Gasteiger partial charge in [0.1, 0.15) is 29.3 Å². The van der Waals surface area contributed by atoms with E-state index >= 15 is 0 Å². The number of allylic oxidation sites excluding steroid dienone is 2. The standard InChI is InChI=1S/C36H36F6N8O2S/c1-19-6-8-25(33-47-48-34(50(19)33)49-53(5)52)24-9-7-23(10-12-35(2,3)4)45-30(24)27(16-20-14-21(37)17-22(38)15-20)46-28(51)18-44-31-26(29(43)32(39)40)11-13-36(31,41)42/h6-9,14-15,17,27,32,43-44H,11,13,16,18H2,1-5H3,(H,46,51)(H,48,49). The highest BCUT2D eigenvalue weighted by Crippen LogP contribution is 2.40. The summed E-state index contributed by atoms with van der Waals surface area (Å²) in [5.41, 5.74) is -0.826. The first-order valence-electron chi connectivity index (χ1n) is 16.3. The summed E-state index contributed by atoms with van der Waals surface area (Å²) in [6.45, 7) is 6.64. The summed E-state index contributed by atoms with van der Waals surface area (Å²) in [5.74, 6) is 0.0385. The summed E-state index contributed by atoms with van der Waals surface area (Å²) < 4.78 is 101. The van der Waals surface area contributed by atoms with E-state index in [1.165, 1.54) is 6.26 Å². The first-order chi connectivity index (χ1) is 24.8. The van der Waals surface area contributed by atoms with E-state index in [1.54, 1.807) is 35.6 Å². The molecule has 2 unspecified atom stereocenters. The van der Waals surface area contributed by atoms with Crippen LogP contribution in [-0.4, -0.2) is 60.9 Å². The van der Waals surface area contributed by atoms with Gasteiger partial charge in [-0.15, -0.1) is 10.2 Å². The zero-order valence-electron chi connectivity index (χ0n) is 29.3. The molecule has 10 nitrogen and oxygen atoms in total. The number of alkyl halides is 4. The maximum atomic E-state index is 14.8. The lowest BCUT2D eigenvalue weighted by atomic mass is 9.94. The van der Waals surface area contributed by atoms with Crippen molar-refractivity contribution in [1.29, 1.82) is 5.41 Å². The number of carbonyl (C=O) groups is 1. The van der Waals surface area contributed by atoms with Crippen LogP contribution in [0.25, 0.3) is 16.8 Å². The number of nitrogens with one attached hydrogen (secondary N) is 4. The summed E-state index contributed by atoms with van der Waals surface area (Å²) in [7, 11) is 0. The molecule has 0 fully saturated rings. The minimum atomic E-state index is -3.59. The molecule has 0 spiro atoms. The average Bonchev–Trinajstić information content (AvgIpc) is 3.61. The van der Waals surface area contributed by atoms with Gasteiger partial charge in [0, 0.05) is 40.3 Å². The number of carbonyl (C=O) groups excluding carboxylic acids is 1. The highest BCUT2D eigenvalue weighted by atomic mass is 32.2. The number of amides is 1. The van der Waals surface area contributed by atoms with Crippen molar-refractivity contribution < 1.29 is 35.7 Å². The molecule has 0 saturated heterocycles. The molecular weight excluding hydrogens is 723 g/mol.